The fourth-order valence-corrected chi connectivity index (χ4v) is 4.52. The van der Waals surface area contributed by atoms with E-state index in [9.17, 15) is 22.8 Å². The molecule has 0 aliphatic carbocycles. The molecule has 0 aromatic heterocycles. The molecule has 2 aromatic rings. The number of anilines is 1. The quantitative estimate of drug-likeness (QED) is 0.506. The highest BCUT2D eigenvalue weighted by molar-refractivity contribution is 5.81. The van der Waals surface area contributed by atoms with Gasteiger partial charge in [-0.15, -0.1) is 0 Å². The van der Waals surface area contributed by atoms with E-state index in [0.717, 1.165) is 22.9 Å². The van der Waals surface area contributed by atoms with Gasteiger partial charge in [-0.25, -0.2) is 0 Å². The Balaban J connectivity index is 1.70. The first kappa shape index (κ1) is 28.5. The van der Waals surface area contributed by atoms with E-state index in [1.807, 2.05) is 43.9 Å². The number of halogens is 3. The minimum absolute atomic E-state index is 0.0407. The summed E-state index contributed by atoms with van der Waals surface area (Å²) in [5.41, 5.74) is 2.18. The van der Waals surface area contributed by atoms with E-state index >= 15 is 0 Å². The van der Waals surface area contributed by atoms with Gasteiger partial charge in [-0.1, -0.05) is 51.1 Å². The fourth-order valence-electron chi connectivity index (χ4n) is 4.52. The first-order valence-corrected chi connectivity index (χ1v) is 12.6. The van der Waals surface area contributed by atoms with Gasteiger partial charge >= 0.3 is 6.18 Å². The van der Waals surface area contributed by atoms with E-state index in [4.69, 9.17) is 0 Å². The first-order valence-electron chi connectivity index (χ1n) is 12.6. The van der Waals surface area contributed by atoms with Gasteiger partial charge in [-0.2, -0.15) is 13.2 Å². The van der Waals surface area contributed by atoms with E-state index in [0.29, 0.717) is 32.5 Å². The van der Waals surface area contributed by atoms with Gasteiger partial charge in [0.05, 0.1) is 12.1 Å². The molecule has 2 aromatic carbocycles. The van der Waals surface area contributed by atoms with Gasteiger partial charge in [0, 0.05) is 44.8 Å². The Morgan fingerprint density at radius 3 is 2.46 bits per heavy atom. The second-order valence-electron chi connectivity index (χ2n) is 10.7. The monoisotopic (exact) mass is 518 g/mol. The van der Waals surface area contributed by atoms with Crippen molar-refractivity contribution >= 4 is 17.5 Å². The number of alkyl halides is 3. The minimum atomic E-state index is -4.49. The molecule has 0 radical (unpaired) electrons. The Morgan fingerprint density at radius 1 is 1.05 bits per heavy atom. The summed E-state index contributed by atoms with van der Waals surface area (Å²) in [7, 11) is 1.73. The summed E-state index contributed by atoms with van der Waals surface area (Å²) in [5.74, 6) is -0.159. The van der Waals surface area contributed by atoms with Crippen molar-refractivity contribution in [1.82, 2.24) is 15.1 Å². The Kier molecular flexibility index (Phi) is 9.23. The van der Waals surface area contributed by atoms with E-state index < -0.39 is 11.7 Å². The van der Waals surface area contributed by atoms with Crippen molar-refractivity contribution in [3.05, 3.63) is 64.7 Å². The smallest absolute Gasteiger partial charge is 0.376 e. The lowest BCUT2D eigenvalue weighted by Gasteiger charge is -2.32. The number of fused-ring (bicyclic) bond motifs is 1. The molecule has 0 saturated heterocycles. The number of benzene rings is 2. The molecule has 202 valence electrons. The predicted molar refractivity (Wildman–Crippen MR) is 139 cm³/mol. The summed E-state index contributed by atoms with van der Waals surface area (Å²) < 4.78 is 40.5. The van der Waals surface area contributed by atoms with E-state index in [1.165, 1.54) is 17.0 Å². The number of nitrogens with one attached hydrogen (secondary N) is 2. The van der Waals surface area contributed by atoms with Crippen molar-refractivity contribution in [2.24, 2.45) is 5.41 Å². The summed E-state index contributed by atoms with van der Waals surface area (Å²) in [5, 5.41) is 6.16. The molecule has 1 aliphatic rings. The van der Waals surface area contributed by atoms with Crippen LogP contribution in [0.2, 0.25) is 0 Å². The number of rotatable bonds is 9. The van der Waals surface area contributed by atoms with Crippen LogP contribution in [0.5, 0.6) is 0 Å². The maximum absolute atomic E-state index is 13.5. The van der Waals surface area contributed by atoms with Crippen molar-refractivity contribution < 1.29 is 22.8 Å². The molecule has 0 unspecified atom stereocenters. The average molecular weight is 519 g/mol. The molecule has 0 bridgehead atoms. The molecule has 6 nitrogen and oxygen atoms in total. The van der Waals surface area contributed by atoms with Crippen LogP contribution in [-0.4, -0.2) is 54.8 Å². The van der Waals surface area contributed by atoms with Crippen LogP contribution >= 0.6 is 0 Å². The van der Waals surface area contributed by atoms with Crippen LogP contribution in [0, 0.1) is 5.41 Å². The SMILES string of the molecule is CNCCN(Cc1ccccc1C(F)(F)F)C(=O)CNc1cccc2c1CCN(C(=O)CC(C)(C)C)C2. The minimum Gasteiger partial charge on any atom is -0.376 e. The van der Waals surface area contributed by atoms with Gasteiger partial charge in [0.1, 0.15) is 0 Å². The average Bonchev–Trinajstić information content (AvgIpc) is 2.83. The van der Waals surface area contributed by atoms with Crippen molar-refractivity contribution in [3.63, 3.8) is 0 Å². The molecule has 3 rings (SSSR count). The van der Waals surface area contributed by atoms with Crippen molar-refractivity contribution in [2.45, 2.75) is 52.9 Å². The molecule has 1 heterocycles. The zero-order chi connectivity index (χ0) is 27.2. The maximum Gasteiger partial charge on any atom is 0.416 e. The van der Waals surface area contributed by atoms with Gasteiger partial charge < -0.3 is 20.4 Å². The lowest BCUT2D eigenvalue weighted by Crippen LogP contribution is -2.40. The van der Waals surface area contributed by atoms with Crippen LogP contribution in [0.1, 0.15) is 49.4 Å². The van der Waals surface area contributed by atoms with Crippen LogP contribution in [0.25, 0.3) is 0 Å². The van der Waals surface area contributed by atoms with Crippen LogP contribution in [0.15, 0.2) is 42.5 Å². The van der Waals surface area contributed by atoms with Crippen LogP contribution in [-0.2, 0) is 35.3 Å². The first-order chi connectivity index (χ1) is 17.4. The summed E-state index contributed by atoms with van der Waals surface area (Å²) in [6, 6.07) is 11.1. The Bertz CT molecular complexity index is 1100. The number of amides is 2. The molecule has 37 heavy (non-hydrogen) atoms. The van der Waals surface area contributed by atoms with E-state index in [1.54, 1.807) is 13.1 Å². The standard InChI is InChI=1S/C28H37F3N4O2/c1-27(2,3)16-25(36)34-14-12-22-20(18-34)9-7-11-24(22)33-17-26(37)35(15-13-32-4)19-21-8-5-6-10-23(21)28(29,30)31/h5-11,32-33H,12-19H2,1-4H3. The molecule has 0 saturated carbocycles. The number of nitrogens with zero attached hydrogens (tertiary/aromatic N) is 2. The molecular weight excluding hydrogens is 481 g/mol. The fraction of sp³-hybridized carbons (Fsp3) is 0.500. The summed E-state index contributed by atoms with van der Waals surface area (Å²) in [6.07, 6.45) is -3.34. The Labute approximate surface area is 217 Å². The van der Waals surface area contributed by atoms with Crippen LogP contribution in [0.4, 0.5) is 18.9 Å². The number of hydrogen-bond acceptors (Lipinski definition) is 4. The number of carbonyl (C=O) groups excluding carboxylic acids is 2. The second kappa shape index (κ2) is 12.0. The van der Waals surface area contributed by atoms with Crippen molar-refractivity contribution in [2.75, 3.05) is 38.5 Å². The van der Waals surface area contributed by atoms with Gasteiger partial charge in [0.2, 0.25) is 11.8 Å². The summed E-state index contributed by atoms with van der Waals surface area (Å²) in [6.45, 7) is 7.83. The molecule has 2 amide bonds. The number of likely N-dealkylation sites (N-methyl/N-ethyl adjacent to an activating group) is 1. The predicted octanol–water partition coefficient (Wildman–Crippen LogP) is 4.69. The topological polar surface area (TPSA) is 64.7 Å². The molecular formula is C28H37F3N4O2. The Morgan fingerprint density at radius 2 is 1.78 bits per heavy atom. The lowest BCUT2D eigenvalue weighted by atomic mass is 9.90. The van der Waals surface area contributed by atoms with Gasteiger partial charge in [-0.05, 0) is 47.7 Å². The molecule has 1 aliphatic heterocycles. The highest BCUT2D eigenvalue weighted by atomic mass is 19.4. The molecule has 0 atom stereocenters. The highest BCUT2D eigenvalue weighted by Crippen LogP contribution is 2.32. The lowest BCUT2D eigenvalue weighted by molar-refractivity contribution is -0.139. The zero-order valence-electron chi connectivity index (χ0n) is 22.0. The molecule has 0 fully saturated rings. The molecule has 2 N–H and O–H groups in total. The molecule has 9 heteroatoms. The zero-order valence-corrected chi connectivity index (χ0v) is 22.0. The van der Waals surface area contributed by atoms with Gasteiger partial charge in [0.15, 0.2) is 0 Å². The number of hydrogen-bond donors (Lipinski definition) is 2. The normalized spacial score (nSPS) is 13.8. The van der Waals surface area contributed by atoms with Gasteiger partial charge in [0.25, 0.3) is 0 Å². The third-order valence-corrected chi connectivity index (χ3v) is 6.40. The van der Waals surface area contributed by atoms with Crippen LogP contribution in [0.3, 0.4) is 0 Å². The summed E-state index contributed by atoms with van der Waals surface area (Å²) >= 11 is 0. The maximum atomic E-state index is 13.5. The second-order valence-corrected chi connectivity index (χ2v) is 10.7. The van der Waals surface area contributed by atoms with Crippen molar-refractivity contribution in [3.8, 4) is 0 Å². The largest absolute Gasteiger partial charge is 0.416 e. The van der Waals surface area contributed by atoms with Gasteiger partial charge in [-0.3, -0.25) is 9.59 Å². The van der Waals surface area contributed by atoms with Crippen LogP contribution < -0.4 is 10.6 Å². The third kappa shape index (κ3) is 7.95. The van der Waals surface area contributed by atoms with Crippen molar-refractivity contribution in [1.29, 1.82) is 0 Å². The van der Waals surface area contributed by atoms with E-state index in [-0.39, 0.29) is 42.4 Å². The number of carbonyl (C=O) groups is 2. The Hall–Kier alpha value is -3.07. The third-order valence-electron chi connectivity index (χ3n) is 6.40. The van der Waals surface area contributed by atoms with E-state index in [2.05, 4.69) is 10.6 Å². The summed E-state index contributed by atoms with van der Waals surface area (Å²) in [4.78, 5) is 29.2. The highest BCUT2D eigenvalue weighted by Gasteiger charge is 2.33. The molecule has 0 spiro atoms.